The Morgan fingerprint density at radius 1 is 1.21 bits per heavy atom. The van der Waals surface area contributed by atoms with E-state index in [9.17, 15) is 14.7 Å². The zero-order valence-electron chi connectivity index (χ0n) is 17.9. The SMILES string of the molecule is CCOC(=O)C(Cc1cc(C)c(O)c(CNC(=O)OC(C)(C)C)c1)OC(C)C. The van der Waals surface area contributed by atoms with Gasteiger partial charge < -0.3 is 24.6 Å². The Hall–Kier alpha value is -2.28. The number of benzene rings is 1. The Bertz CT molecular complexity index is 678. The third kappa shape index (κ3) is 8.17. The Morgan fingerprint density at radius 2 is 1.86 bits per heavy atom. The molecule has 1 amide bonds. The summed E-state index contributed by atoms with van der Waals surface area (Å²) >= 11 is 0. The molecule has 1 aromatic rings. The van der Waals surface area contributed by atoms with Crippen LogP contribution in [0, 0.1) is 6.92 Å². The lowest BCUT2D eigenvalue weighted by atomic mass is 10.00. The van der Waals surface area contributed by atoms with Gasteiger partial charge in [-0.05, 0) is 59.6 Å². The number of carbonyl (C=O) groups is 2. The number of hydrogen-bond donors (Lipinski definition) is 2. The number of carbonyl (C=O) groups excluding carboxylic acids is 2. The van der Waals surface area contributed by atoms with E-state index < -0.39 is 23.8 Å². The topological polar surface area (TPSA) is 94.1 Å². The van der Waals surface area contributed by atoms with Gasteiger partial charge in [0.05, 0.1) is 12.7 Å². The molecule has 28 heavy (non-hydrogen) atoms. The highest BCUT2D eigenvalue weighted by molar-refractivity contribution is 5.75. The zero-order chi connectivity index (χ0) is 21.5. The van der Waals surface area contributed by atoms with Gasteiger partial charge in [0.15, 0.2) is 6.10 Å². The molecule has 0 spiro atoms. The molecule has 158 valence electrons. The highest BCUT2D eigenvalue weighted by Gasteiger charge is 2.23. The van der Waals surface area contributed by atoms with Gasteiger partial charge in [0.2, 0.25) is 0 Å². The van der Waals surface area contributed by atoms with E-state index in [2.05, 4.69) is 5.32 Å². The lowest BCUT2D eigenvalue weighted by molar-refractivity contribution is -0.159. The summed E-state index contributed by atoms with van der Waals surface area (Å²) in [5.41, 5.74) is 1.37. The Labute approximate surface area is 167 Å². The number of nitrogens with one attached hydrogen (secondary N) is 1. The fourth-order valence-corrected chi connectivity index (χ4v) is 2.63. The van der Waals surface area contributed by atoms with Crippen LogP contribution in [0.3, 0.4) is 0 Å². The van der Waals surface area contributed by atoms with Gasteiger partial charge in [-0.25, -0.2) is 9.59 Å². The van der Waals surface area contributed by atoms with Gasteiger partial charge >= 0.3 is 12.1 Å². The lowest BCUT2D eigenvalue weighted by Crippen LogP contribution is -2.32. The number of phenols is 1. The van der Waals surface area contributed by atoms with Gasteiger partial charge in [-0.2, -0.15) is 0 Å². The number of phenolic OH excluding ortho intramolecular Hbond substituents is 1. The summed E-state index contributed by atoms with van der Waals surface area (Å²) in [4.78, 5) is 24.1. The maximum Gasteiger partial charge on any atom is 0.407 e. The number of aryl methyl sites for hydroxylation is 1. The van der Waals surface area contributed by atoms with Crippen molar-refractivity contribution < 1.29 is 28.9 Å². The number of hydrogen-bond acceptors (Lipinski definition) is 6. The first-order valence-electron chi connectivity index (χ1n) is 9.53. The van der Waals surface area contributed by atoms with Crippen molar-refractivity contribution in [1.29, 1.82) is 0 Å². The van der Waals surface area contributed by atoms with E-state index in [1.807, 2.05) is 13.8 Å². The first-order chi connectivity index (χ1) is 12.9. The minimum Gasteiger partial charge on any atom is -0.507 e. The van der Waals surface area contributed by atoms with E-state index in [1.54, 1.807) is 46.8 Å². The standard InChI is InChI=1S/C21H33NO6/c1-8-26-19(24)17(27-13(2)3)11-15-9-14(4)18(23)16(10-15)12-22-20(25)28-21(5,6)7/h9-10,13,17,23H,8,11-12H2,1-7H3,(H,22,25). The van der Waals surface area contributed by atoms with Crippen molar-refractivity contribution in [1.82, 2.24) is 5.32 Å². The van der Waals surface area contributed by atoms with Gasteiger partial charge in [-0.1, -0.05) is 12.1 Å². The average Bonchev–Trinajstić information content (AvgIpc) is 2.54. The summed E-state index contributed by atoms with van der Waals surface area (Å²) in [6, 6.07) is 3.54. The third-order valence-corrected chi connectivity index (χ3v) is 3.67. The third-order valence-electron chi connectivity index (χ3n) is 3.67. The minimum atomic E-state index is -0.740. The quantitative estimate of drug-likeness (QED) is 0.653. The van der Waals surface area contributed by atoms with Crippen LogP contribution < -0.4 is 5.32 Å². The second-order valence-corrected chi connectivity index (χ2v) is 7.91. The maximum absolute atomic E-state index is 12.2. The molecule has 0 bridgehead atoms. The van der Waals surface area contributed by atoms with Crippen LogP contribution in [0.4, 0.5) is 4.79 Å². The second kappa shape index (κ2) is 10.3. The minimum absolute atomic E-state index is 0.0947. The van der Waals surface area contributed by atoms with Gasteiger partial charge in [-0.15, -0.1) is 0 Å². The lowest BCUT2D eigenvalue weighted by Gasteiger charge is -2.21. The number of alkyl carbamates (subject to hydrolysis) is 1. The molecule has 0 aromatic heterocycles. The fourth-order valence-electron chi connectivity index (χ4n) is 2.63. The number of esters is 1. The second-order valence-electron chi connectivity index (χ2n) is 7.91. The molecule has 1 rings (SSSR count). The Balaban J connectivity index is 2.95. The van der Waals surface area contributed by atoms with Crippen LogP contribution in [0.5, 0.6) is 5.75 Å². The van der Waals surface area contributed by atoms with Crippen LogP contribution in [0.25, 0.3) is 0 Å². The highest BCUT2D eigenvalue weighted by Crippen LogP contribution is 2.25. The summed E-state index contributed by atoms with van der Waals surface area (Å²) in [6.45, 7) is 12.9. The summed E-state index contributed by atoms with van der Waals surface area (Å²) in [5, 5.41) is 13.0. The molecule has 7 nitrogen and oxygen atoms in total. The summed E-state index contributed by atoms with van der Waals surface area (Å²) in [6.07, 6.45) is -1.14. The van der Waals surface area contributed by atoms with E-state index in [4.69, 9.17) is 14.2 Å². The van der Waals surface area contributed by atoms with Crippen molar-refractivity contribution in [2.24, 2.45) is 0 Å². The molecule has 7 heteroatoms. The van der Waals surface area contributed by atoms with Crippen molar-refractivity contribution >= 4 is 12.1 Å². The van der Waals surface area contributed by atoms with E-state index in [0.29, 0.717) is 17.5 Å². The molecule has 0 radical (unpaired) electrons. The van der Waals surface area contributed by atoms with Gasteiger partial charge in [0, 0.05) is 18.5 Å². The van der Waals surface area contributed by atoms with Gasteiger partial charge in [-0.3, -0.25) is 0 Å². The molecule has 0 saturated carbocycles. The van der Waals surface area contributed by atoms with Crippen molar-refractivity contribution in [2.45, 2.75) is 79.2 Å². The van der Waals surface area contributed by atoms with Gasteiger partial charge in [0.1, 0.15) is 11.4 Å². The van der Waals surface area contributed by atoms with Gasteiger partial charge in [0.25, 0.3) is 0 Å². The molecule has 0 aliphatic carbocycles. The molecule has 1 unspecified atom stereocenters. The van der Waals surface area contributed by atoms with Crippen LogP contribution in [0.15, 0.2) is 12.1 Å². The zero-order valence-corrected chi connectivity index (χ0v) is 17.9. The molecule has 1 aromatic carbocycles. The molecular weight excluding hydrogens is 362 g/mol. The maximum atomic E-state index is 12.2. The van der Waals surface area contributed by atoms with Crippen molar-refractivity contribution in [2.75, 3.05) is 6.61 Å². The monoisotopic (exact) mass is 395 g/mol. The molecule has 2 N–H and O–H groups in total. The van der Waals surface area contributed by atoms with Crippen LogP contribution in [0.2, 0.25) is 0 Å². The first-order valence-corrected chi connectivity index (χ1v) is 9.53. The Kier molecular flexibility index (Phi) is 8.75. The molecule has 0 saturated heterocycles. The highest BCUT2D eigenvalue weighted by atomic mass is 16.6. The van der Waals surface area contributed by atoms with Crippen LogP contribution in [-0.2, 0) is 32.0 Å². The molecule has 1 atom stereocenters. The van der Waals surface area contributed by atoms with Crippen LogP contribution in [0.1, 0.15) is 58.2 Å². The number of rotatable bonds is 8. The molecular formula is C21H33NO6. The number of amides is 1. The average molecular weight is 395 g/mol. The van der Waals surface area contributed by atoms with Crippen molar-refractivity contribution in [3.63, 3.8) is 0 Å². The Morgan fingerprint density at radius 3 is 2.39 bits per heavy atom. The summed E-state index contributed by atoms with van der Waals surface area (Å²) in [7, 11) is 0. The van der Waals surface area contributed by atoms with Crippen LogP contribution in [-0.4, -0.2) is 41.6 Å². The van der Waals surface area contributed by atoms with E-state index >= 15 is 0 Å². The molecule has 0 heterocycles. The molecule has 0 fully saturated rings. The predicted octanol–water partition coefficient (Wildman–Crippen LogP) is 3.62. The molecule has 0 aliphatic heterocycles. The van der Waals surface area contributed by atoms with Crippen LogP contribution >= 0.6 is 0 Å². The predicted molar refractivity (Wildman–Crippen MR) is 106 cm³/mol. The van der Waals surface area contributed by atoms with E-state index in [1.165, 1.54) is 0 Å². The number of ether oxygens (including phenoxy) is 3. The van der Waals surface area contributed by atoms with E-state index in [0.717, 1.165) is 5.56 Å². The normalized spacial score (nSPS) is 12.6. The smallest absolute Gasteiger partial charge is 0.407 e. The summed E-state index contributed by atoms with van der Waals surface area (Å²) in [5.74, 6) is -0.326. The largest absolute Gasteiger partial charge is 0.507 e. The summed E-state index contributed by atoms with van der Waals surface area (Å²) < 4.78 is 16.0. The van der Waals surface area contributed by atoms with E-state index in [-0.39, 0.29) is 25.0 Å². The molecule has 0 aliphatic rings. The fraction of sp³-hybridized carbons (Fsp3) is 0.619. The van der Waals surface area contributed by atoms with Crippen molar-refractivity contribution in [3.05, 3.63) is 28.8 Å². The first kappa shape index (κ1) is 23.8. The number of aromatic hydroxyl groups is 1. The van der Waals surface area contributed by atoms with Crippen molar-refractivity contribution in [3.8, 4) is 5.75 Å².